The van der Waals surface area contributed by atoms with Crippen LogP contribution in [0.5, 0.6) is 0 Å². The van der Waals surface area contributed by atoms with Gasteiger partial charge in [-0.3, -0.25) is 10.1 Å². The summed E-state index contributed by atoms with van der Waals surface area (Å²) in [5.74, 6) is -0.291. The van der Waals surface area contributed by atoms with Crippen LogP contribution in [0, 0.1) is 5.41 Å². The van der Waals surface area contributed by atoms with Crippen LogP contribution in [0.25, 0.3) is 0 Å². The van der Waals surface area contributed by atoms with Crippen molar-refractivity contribution in [1.82, 2.24) is 10.6 Å². The van der Waals surface area contributed by atoms with Gasteiger partial charge in [-0.05, 0) is 11.0 Å². The van der Waals surface area contributed by atoms with Crippen molar-refractivity contribution in [3.8, 4) is 0 Å². The van der Waals surface area contributed by atoms with Gasteiger partial charge in [-0.2, -0.15) is 0 Å². The molecular weight excluding hydrogens is 216 g/mol. The second kappa shape index (κ2) is 3.58. The lowest BCUT2D eigenvalue weighted by atomic mass is 9.69. The standard InChI is InChI=1S/C13H16N2O2/c1-12(2,3)13(9-7-5-4-6-8-9)10(16)14-11(17)15-13/h4-8H,1-3H3,(H2,14,15,16,17)/t13-/m0/s1. The lowest BCUT2D eigenvalue weighted by molar-refractivity contribution is -0.128. The first-order valence-electron chi connectivity index (χ1n) is 5.57. The molecule has 1 aromatic carbocycles. The maximum atomic E-state index is 12.2. The van der Waals surface area contributed by atoms with Crippen LogP contribution >= 0.6 is 0 Å². The molecule has 0 radical (unpaired) electrons. The average Bonchev–Trinajstić information content (AvgIpc) is 2.55. The third kappa shape index (κ3) is 1.60. The Morgan fingerprint density at radius 1 is 1.06 bits per heavy atom. The largest absolute Gasteiger partial charge is 0.322 e. The molecule has 0 aliphatic carbocycles. The van der Waals surface area contributed by atoms with Crippen molar-refractivity contribution in [2.45, 2.75) is 26.3 Å². The molecule has 0 spiro atoms. The van der Waals surface area contributed by atoms with Crippen molar-refractivity contribution < 1.29 is 9.59 Å². The van der Waals surface area contributed by atoms with Gasteiger partial charge in [0, 0.05) is 0 Å². The fourth-order valence-electron chi connectivity index (χ4n) is 2.31. The van der Waals surface area contributed by atoms with E-state index in [1.807, 2.05) is 51.1 Å². The number of benzene rings is 1. The van der Waals surface area contributed by atoms with Crippen molar-refractivity contribution in [2.75, 3.05) is 0 Å². The molecule has 2 rings (SSSR count). The molecule has 1 aliphatic rings. The van der Waals surface area contributed by atoms with Crippen molar-refractivity contribution in [2.24, 2.45) is 5.41 Å². The minimum Gasteiger partial charge on any atom is -0.319 e. The number of hydrogen-bond acceptors (Lipinski definition) is 2. The second-order valence-corrected chi connectivity index (χ2v) is 5.27. The van der Waals surface area contributed by atoms with E-state index in [2.05, 4.69) is 10.6 Å². The van der Waals surface area contributed by atoms with Gasteiger partial charge in [0.2, 0.25) is 0 Å². The number of nitrogens with one attached hydrogen (secondary N) is 2. The highest BCUT2D eigenvalue weighted by molar-refractivity contribution is 6.08. The third-order valence-corrected chi connectivity index (χ3v) is 3.20. The summed E-state index contributed by atoms with van der Waals surface area (Å²) in [7, 11) is 0. The summed E-state index contributed by atoms with van der Waals surface area (Å²) in [6, 6.07) is 8.89. The number of imide groups is 1. The Hall–Kier alpha value is -1.84. The van der Waals surface area contributed by atoms with Gasteiger partial charge in [0.05, 0.1) is 0 Å². The van der Waals surface area contributed by atoms with E-state index in [4.69, 9.17) is 0 Å². The number of rotatable bonds is 1. The summed E-state index contributed by atoms with van der Waals surface area (Å²) in [5.41, 5.74) is -0.605. The Bertz CT molecular complexity index is 462. The molecule has 1 atom stereocenters. The molecule has 0 aromatic heterocycles. The highest BCUT2D eigenvalue weighted by Gasteiger charge is 2.55. The maximum Gasteiger partial charge on any atom is 0.322 e. The average molecular weight is 232 g/mol. The molecule has 1 heterocycles. The second-order valence-electron chi connectivity index (χ2n) is 5.27. The van der Waals surface area contributed by atoms with E-state index in [1.165, 1.54) is 0 Å². The zero-order valence-corrected chi connectivity index (χ0v) is 10.2. The highest BCUT2D eigenvalue weighted by atomic mass is 16.2. The highest BCUT2D eigenvalue weighted by Crippen LogP contribution is 2.41. The van der Waals surface area contributed by atoms with Crippen LogP contribution in [-0.2, 0) is 10.3 Å². The number of carbonyl (C=O) groups excluding carboxylic acids is 2. The van der Waals surface area contributed by atoms with Gasteiger partial charge in [-0.1, -0.05) is 51.1 Å². The summed E-state index contributed by atoms with van der Waals surface area (Å²) in [6.45, 7) is 5.81. The molecule has 0 saturated carbocycles. The lowest BCUT2D eigenvalue weighted by Crippen LogP contribution is -2.53. The van der Waals surface area contributed by atoms with Crippen LogP contribution in [-0.4, -0.2) is 11.9 Å². The molecule has 0 unspecified atom stereocenters. The van der Waals surface area contributed by atoms with Gasteiger partial charge >= 0.3 is 6.03 Å². The molecule has 1 aromatic rings. The molecule has 17 heavy (non-hydrogen) atoms. The van der Waals surface area contributed by atoms with Crippen molar-refractivity contribution in [3.05, 3.63) is 35.9 Å². The Kier molecular flexibility index (Phi) is 2.45. The van der Waals surface area contributed by atoms with Crippen LogP contribution in [0.15, 0.2) is 30.3 Å². The van der Waals surface area contributed by atoms with Crippen LogP contribution < -0.4 is 10.6 Å². The quantitative estimate of drug-likeness (QED) is 0.725. The van der Waals surface area contributed by atoms with E-state index in [0.29, 0.717) is 0 Å². The number of urea groups is 1. The molecule has 1 fully saturated rings. The summed E-state index contributed by atoms with van der Waals surface area (Å²) >= 11 is 0. The first-order valence-corrected chi connectivity index (χ1v) is 5.57. The summed E-state index contributed by atoms with van der Waals surface area (Å²) in [4.78, 5) is 23.6. The maximum absolute atomic E-state index is 12.2. The SMILES string of the molecule is CC(C)(C)[C@@]1(c2ccccc2)NC(=O)NC1=O. The van der Waals surface area contributed by atoms with E-state index < -0.39 is 17.0 Å². The zero-order valence-electron chi connectivity index (χ0n) is 10.2. The van der Waals surface area contributed by atoms with E-state index in [1.54, 1.807) is 0 Å². The van der Waals surface area contributed by atoms with Crippen molar-refractivity contribution in [3.63, 3.8) is 0 Å². The molecule has 0 bridgehead atoms. The zero-order chi connectivity index (χ0) is 12.7. The molecule has 1 aliphatic heterocycles. The molecule has 4 nitrogen and oxygen atoms in total. The molecule has 90 valence electrons. The normalized spacial score (nSPS) is 24.4. The van der Waals surface area contributed by atoms with Gasteiger partial charge in [0.1, 0.15) is 0 Å². The predicted octanol–water partition coefficient (Wildman–Crippen LogP) is 1.77. The first kappa shape index (κ1) is 11.6. The van der Waals surface area contributed by atoms with Crippen LogP contribution in [0.2, 0.25) is 0 Å². The molecule has 1 saturated heterocycles. The van der Waals surface area contributed by atoms with Gasteiger partial charge in [0.15, 0.2) is 5.54 Å². The Balaban J connectivity index is 2.61. The predicted molar refractivity (Wildman–Crippen MR) is 64.2 cm³/mol. The fraction of sp³-hybridized carbons (Fsp3) is 0.385. The van der Waals surface area contributed by atoms with Crippen LogP contribution in [0.1, 0.15) is 26.3 Å². The molecule has 3 amide bonds. The monoisotopic (exact) mass is 232 g/mol. The summed E-state index contributed by atoms with van der Waals surface area (Å²) in [5, 5.41) is 5.10. The van der Waals surface area contributed by atoms with Gasteiger partial charge in [-0.15, -0.1) is 0 Å². The molecular formula is C13H16N2O2. The number of hydrogen-bond donors (Lipinski definition) is 2. The minimum absolute atomic E-state index is 0.291. The van der Waals surface area contributed by atoms with Gasteiger partial charge in [0.25, 0.3) is 5.91 Å². The number of amides is 3. The smallest absolute Gasteiger partial charge is 0.319 e. The third-order valence-electron chi connectivity index (χ3n) is 3.20. The summed E-state index contributed by atoms with van der Waals surface area (Å²) < 4.78 is 0. The van der Waals surface area contributed by atoms with Gasteiger partial charge in [-0.25, -0.2) is 4.79 Å². The fourth-order valence-corrected chi connectivity index (χ4v) is 2.31. The first-order chi connectivity index (χ1) is 7.88. The van der Waals surface area contributed by atoms with Crippen LogP contribution in [0.4, 0.5) is 4.79 Å². The lowest BCUT2D eigenvalue weighted by Gasteiger charge is -2.39. The Morgan fingerprint density at radius 2 is 1.65 bits per heavy atom. The van der Waals surface area contributed by atoms with Gasteiger partial charge < -0.3 is 5.32 Å². The van der Waals surface area contributed by atoms with Crippen LogP contribution in [0.3, 0.4) is 0 Å². The summed E-state index contributed by atoms with van der Waals surface area (Å²) in [6.07, 6.45) is 0. The van der Waals surface area contributed by atoms with Crippen molar-refractivity contribution >= 4 is 11.9 Å². The topological polar surface area (TPSA) is 58.2 Å². The molecule has 2 N–H and O–H groups in total. The molecule has 4 heteroatoms. The van der Waals surface area contributed by atoms with E-state index in [9.17, 15) is 9.59 Å². The minimum atomic E-state index is -0.995. The Labute approximate surface area is 100 Å². The van der Waals surface area contributed by atoms with Crippen molar-refractivity contribution in [1.29, 1.82) is 0 Å². The van der Waals surface area contributed by atoms with E-state index in [0.717, 1.165) is 5.56 Å². The van der Waals surface area contributed by atoms with E-state index in [-0.39, 0.29) is 5.91 Å². The van der Waals surface area contributed by atoms with E-state index >= 15 is 0 Å². The Morgan fingerprint density at radius 3 is 2.06 bits per heavy atom. The number of carbonyl (C=O) groups is 2.